The molecule has 3 aromatic heterocycles. The highest BCUT2D eigenvalue weighted by Gasteiger charge is 2.43. The largest absolute Gasteiger partial charge is 0.355 e. The number of pyridine rings is 1. The lowest BCUT2D eigenvalue weighted by Crippen LogP contribution is -2.63. The van der Waals surface area contributed by atoms with Gasteiger partial charge in [-0.3, -0.25) is 4.68 Å². The van der Waals surface area contributed by atoms with Gasteiger partial charge < -0.3 is 16.0 Å². The molecule has 2 fully saturated rings. The van der Waals surface area contributed by atoms with Gasteiger partial charge in [0.1, 0.15) is 21.5 Å². The fourth-order valence-electron chi connectivity index (χ4n) is 5.81. The number of benzene rings is 1. The number of fused-ring (bicyclic) bond motifs is 1. The molecule has 42 heavy (non-hydrogen) atoms. The number of hydrogen-bond donors (Lipinski definition) is 2. The molecule has 0 radical (unpaired) electrons. The van der Waals surface area contributed by atoms with Gasteiger partial charge in [-0.25, -0.2) is 23.4 Å². The van der Waals surface area contributed by atoms with Crippen molar-refractivity contribution < 1.29 is 8.42 Å². The Bertz CT molecular complexity index is 1790. The van der Waals surface area contributed by atoms with Crippen molar-refractivity contribution in [2.24, 2.45) is 17.1 Å². The molecule has 1 aromatic carbocycles. The van der Waals surface area contributed by atoms with Crippen LogP contribution in [0.4, 0.5) is 17.3 Å². The number of aromatic nitrogens is 5. The molecule has 1 saturated heterocycles. The van der Waals surface area contributed by atoms with Gasteiger partial charge in [-0.1, -0.05) is 19.9 Å². The SMILES string of the molecule is CC(C)c1ccc(N2C[C@H](CS(C)(=O)=O)[C@H]2N)c2cnc(Nc3ccnc(-c4cnn(CC5(CC#N)CC5)c4)n3)cc12. The molecule has 4 aromatic rings. The fourth-order valence-corrected chi connectivity index (χ4v) is 6.89. The zero-order chi connectivity index (χ0) is 29.6. The predicted molar refractivity (Wildman–Crippen MR) is 163 cm³/mol. The number of nitrogens with one attached hydrogen (secondary N) is 1. The van der Waals surface area contributed by atoms with Crippen molar-refractivity contribution in [2.45, 2.75) is 51.7 Å². The van der Waals surface area contributed by atoms with Crippen molar-refractivity contribution >= 4 is 37.9 Å². The van der Waals surface area contributed by atoms with Gasteiger partial charge in [0, 0.05) is 66.8 Å². The minimum atomic E-state index is -3.10. The summed E-state index contributed by atoms with van der Waals surface area (Å²) >= 11 is 0. The summed E-state index contributed by atoms with van der Waals surface area (Å²) in [4.78, 5) is 15.9. The van der Waals surface area contributed by atoms with Gasteiger partial charge in [0.25, 0.3) is 0 Å². The molecule has 0 bridgehead atoms. The number of hydrogen-bond acceptors (Lipinski definition) is 10. The third kappa shape index (κ3) is 5.67. The van der Waals surface area contributed by atoms with Crippen LogP contribution in [0.5, 0.6) is 0 Å². The summed E-state index contributed by atoms with van der Waals surface area (Å²) in [5.74, 6) is 2.08. The number of sulfone groups is 1. The molecule has 11 nitrogen and oxygen atoms in total. The minimum absolute atomic E-state index is 0.0529. The van der Waals surface area contributed by atoms with Gasteiger partial charge in [0.15, 0.2) is 5.82 Å². The summed E-state index contributed by atoms with van der Waals surface area (Å²) in [5.41, 5.74) is 9.43. The van der Waals surface area contributed by atoms with E-state index in [9.17, 15) is 8.42 Å². The van der Waals surface area contributed by atoms with E-state index in [2.05, 4.69) is 52.3 Å². The molecule has 12 heteroatoms. The number of anilines is 3. The number of nitriles is 1. The van der Waals surface area contributed by atoms with E-state index < -0.39 is 9.84 Å². The third-order valence-corrected chi connectivity index (χ3v) is 9.38. The van der Waals surface area contributed by atoms with Crippen LogP contribution in [0.15, 0.2) is 49.1 Å². The standard InChI is InChI=1S/C30H35N9O2S/c1-19(2)22-4-5-25(39-16-21(28(39)32)17-42(3,40)41)24-14-34-27(12-23(22)24)36-26-6-11-33-29(37-26)20-13-35-38(15-20)18-30(7-8-30)9-10-31/h4-6,11-15,19,21,28H,7-9,16-18,32H2,1-3H3,(H,33,34,36,37)/t21-,28+/m1/s1. The van der Waals surface area contributed by atoms with Gasteiger partial charge in [-0.05, 0) is 47.9 Å². The van der Waals surface area contributed by atoms with Crippen LogP contribution in [-0.4, -0.2) is 57.9 Å². The average Bonchev–Trinajstić information content (AvgIpc) is 3.53. The molecule has 0 amide bonds. The number of rotatable bonds is 10. The van der Waals surface area contributed by atoms with Crippen molar-refractivity contribution in [3.8, 4) is 17.5 Å². The Hall–Kier alpha value is -4.08. The first-order chi connectivity index (χ1) is 20.0. The Morgan fingerprint density at radius 2 is 1.98 bits per heavy atom. The molecule has 2 aliphatic rings. The van der Waals surface area contributed by atoms with Crippen molar-refractivity contribution in [3.05, 3.63) is 54.6 Å². The first-order valence-corrected chi connectivity index (χ1v) is 16.2. The Balaban J connectivity index is 1.24. The second-order valence-corrected chi connectivity index (χ2v) is 14.3. The van der Waals surface area contributed by atoms with Crippen molar-refractivity contribution in [1.82, 2.24) is 24.7 Å². The minimum Gasteiger partial charge on any atom is -0.355 e. The number of nitrogens with two attached hydrogens (primary N) is 1. The molecule has 3 N–H and O–H groups in total. The molecule has 1 aliphatic carbocycles. The van der Waals surface area contributed by atoms with Gasteiger partial charge in [0.2, 0.25) is 0 Å². The van der Waals surface area contributed by atoms with Gasteiger partial charge in [-0.2, -0.15) is 10.4 Å². The Labute approximate surface area is 245 Å². The fraction of sp³-hybridized carbons (Fsp3) is 0.433. The summed E-state index contributed by atoms with van der Waals surface area (Å²) < 4.78 is 25.5. The first kappa shape index (κ1) is 28.1. The summed E-state index contributed by atoms with van der Waals surface area (Å²) in [7, 11) is -3.10. The van der Waals surface area contributed by atoms with Crippen LogP contribution in [0.3, 0.4) is 0 Å². The lowest BCUT2D eigenvalue weighted by atomic mass is 9.92. The van der Waals surface area contributed by atoms with Gasteiger partial charge in [0.05, 0.1) is 29.7 Å². The van der Waals surface area contributed by atoms with Crippen LogP contribution < -0.4 is 16.0 Å². The van der Waals surface area contributed by atoms with E-state index in [1.165, 1.54) is 11.8 Å². The van der Waals surface area contributed by atoms with E-state index in [0.717, 1.165) is 41.4 Å². The molecule has 0 spiro atoms. The van der Waals surface area contributed by atoms with Crippen LogP contribution in [-0.2, 0) is 16.4 Å². The molecule has 218 valence electrons. The molecule has 6 rings (SSSR count). The van der Waals surface area contributed by atoms with Crippen LogP contribution >= 0.6 is 0 Å². The second-order valence-electron chi connectivity index (χ2n) is 12.1. The Morgan fingerprint density at radius 1 is 1.17 bits per heavy atom. The highest BCUT2D eigenvalue weighted by Crippen LogP contribution is 2.50. The Kier molecular flexibility index (Phi) is 7.11. The third-order valence-electron chi connectivity index (χ3n) is 8.35. The maximum absolute atomic E-state index is 11.8. The van der Waals surface area contributed by atoms with Gasteiger partial charge >= 0.3 is 0 Å². The van der Waals surface area contributed by atoms with Gasteiger partial charge in [-0.15, -0.1) is 0 Å². The van der Waals surface area contributed by atoms with E-state index in [-0.39, 0.29) is 29.2 Å². The second kappa shape index (κ2) is 10.6. The van der Waals surface area contributed by atoms with E-state index in [1.54, 1.807) is 18.5 Å². The maximum Gasteiger partial charge on any atom is 0.164 e. The maximum atomic E-state index is 11.8. The number of nitrogens with zero attached hydrogens (tertiary/aromatic N) is 7. The van der Waals surface area contributed by atoms with Crippen molar-refractivity contribution in [3.63, 3.8) is 0 Å². The van der Waals surface area contributed by atoms with Crippen LogP contribution in [0.25, 0.3) is 22.2 Å². The molecule has 4 heterocycles. The highest BCUT2D eigenvalue weighted by atomic mass is 32.2. The van der Waals surface area contributed by atoms with E-state index in [4.69, 9.17) is 21.0 Å². The molecule has 2 atom stereocenters. The summed E-state index contributed by atoms with van der Waals surface area (Å²) in [6.07, 6.45) is 10.8. The zero-order valence-corrected chi connectivity index (χ0v) is 24.8. The summed E-state index contributed by atoms with van der Waals surface area (Å²) in [6, 6.07) is 10.3. The normalized spacial score (nSPS) is 19.5. The summed E-state index contributed by atoms with van der Waals surface area (Å²) in [5, 5.41) is 19.0. The highest BCUT2D eigenvalue weighted by molar-refractivity contribution is 7.90. The van der Waals surface area contributed by atoms with Crippen LogP contribution in [0.1, 0.15) is 44.6 Å². The molecule has 0 unspecified atom stereocenters. The molecular formula is C30H35N9O2S. The smallest absolute Gasteiger partial charge is 0.164 e. The lowest BCUT2D eigenvalue weighted by Gasteiger charge is -2.47. The van der Waals surface area contributed by atoms with Crippen molar-refractivity contribution in [2.75, 3.05) is 28.8 Å². The lowest BCUT2D eigenvalue weighted by molar-refractivity contribution is 0.328. The quantitative estimate of drug-likeness (QED) is 0.276. The van der Waals surface area contributed by atoms with Crippen LogP contribution in [0, 0.1) is 22.7 Å². The van der Waals surface area contributed by atoms with Crippen LogP contribution in [0.2, 0.25) is 0 Å². The molecular weight excluding hydrogens is 550 g/mol. The molecule has 1 saturated carbocycles. The summed E-state index contributed by atoms with van der Waals surface area (Å²) in [6.45, 7) is 5.62. The predicted octanol–water partition coefficient (Wildman–Crippen LogP) is 4.21. The zero-order valence-electron chi connectivity index (χ0n) is 24.0. The Morgan fingerprint density at radius 3 is 2.67 bits per heavy atom. The monoisotopic (exact) mass is 585 g/mol. The first-order valence-electron chi connectivity index (χ1n) is 14.2. The average molecular weight is 586 g/mol. The van der Waals surface area contributed by atoms with E-state index >= 15 is 0 Å². The van der Waals surface area contributed by atoms with Crippen molar-refractivity contribution in [1.29, 1.82) is 5.26 Å². The topological polar surface area (TPSA) is 156 Å². The van der Waals surface area contributed by atoms with E-state index in [0.29, 0.717) is 30.4 Å². The molecule has 1 aliphatic heterocycles. The van der Waals surface area contributed by atoms with E-state index in [1.807, 2.05) is 23.1 Å².